The van der Waals surface area contributed by atoms with Gasteiger partial charge in [-0.2, -0.15) is 0 Å². The molecule has 0 saturated heterocycles. The summed E-state index contributed by atoms with van der Waals surface area (Å²) in [6, 6.07) is 16.8. The van der Waals surface area contributed by atoms with Crippen molar-refractivity contribution >= 4 is 40.6 Å². The van der Waals surface area contributed by atoms with Crippen molar-refractivity contribution in [1.29, 1.82) is 0 Å². The van der Waals surface area contributed by atoms with E-state index in [4.69, 9.17) is 32.7 Å². The molecule has 2 aliphatic heterocycles. The fourth-order valence-electron chi connectivity index (χ4n) is 4.06. The summed E-state index contributed by atoms with van der Waals surface area (Å²) in [5.74, 6) is 0.0572. The Morgan fingerprint density at radius 3 is 2.59 bits per heavy atom. The van der Waals surface area contributed by atoms with E-state index >= 15 is 0 Å². The largest absolute Gasteiger partial charge is 0.454 e. The van der Waals surface area contributed by atoms with Crippen molar-refractivity contribution in [1.82, 2.24) is 0 Å². The SMILES string of the molecule is O=C(CC1(O)C(=O)N(Cc2ccc(Cl)c(Cl)c2)c2ccccc21)c1ccc2c(c1)OCO2. The molecule has 0 radical (unpaired) electrons. The molecule has 0 bridgehead atoms. The van der Waals surface area contributed by atoms with Crippen molar-refractivity contribution in [2.24, 2.45) is 0 Å². The van der Waals surface area contributed by atoms with Crippen LogP contribution in [0, 0.1) is 0 Å². The molecule has 2 heterocycles. The lowest BCUT2D eigenvalue weighted by molar-refractivity contribution is -0.136. The Morgan fingerprint density at radius 2 is 1.78 bits per heavy atom. The summed E-state index contributed by atoms with van der Waals surface area (Å²) in [5.41, 5.74) is 0.0220. The van der Waals surface area contributed by atoms with Gasteiger partial charge in [-0.25, -0.2) is 0 Å². The van der Waals surface area contributed by atoms with Crippen LogP contribution < -0.4 is 14.4 Å². The summed E-state index contributed by atoms with van der Waals surface area (Å²) >= 11 is 12.1. The number of para-hydroxylation sites is 1. The number of carbonyl (C=O) groups excluding carboxylic acids is 2. The van der Waals surface area contributed by atoms with Gasteiger partial charge in [0.15, 0.2) is 22.9 Å². The second-order valence-electron chi connectivity index (χ2n) is 7.69. The molecule has 3 aromatic carbocycles. The number of aliphatic hydroxyl groups is 1. The zero-order chi connectivity index (χ0) is 22.5. The highest BCUT2D eigenvalue weighted by atomic mass is 35.5. The summed E-state index contributed by atoms with van der Waals surface area (Å²) in [6.45, 7) is 0.264. The standard InChI is InChI=1S/C24H17Cl2NO5/c25-17-7-5-14(9-18(17)26)12-27-19-4-2-1-3-16(19)24(30,23(27)29)11-20(28)15-6-8-21-22(10-15)32-13-31-21/h1-10,30H,11-13H2. The van der Waals surface area contributed by atoms with Gasteiger partial charge in [-0.15, -0.1) is 0 Å². The Balaban J connectivity index is 1.46. The molecule has 0 spiro atoms. The van der Waals surface area contributed by atoms with E-state index in [-0.39, 0.29) is 19.1 Å². The molecule has 6 nitrogen and oxygen atoms in total. The van der Waals surface area contributed by atoms with Gasteiger partial charge < -0.3 is 19.5 Å². The first-order valence-corrected chi connectivity index (χ1v) is 10.6. The molecule has 1 unspecified atom stereocenters. The summed E-state index contributed by atoms with van der Waals surface area (Å²) in [5, 5.41) is 12.3. The van der Waals surface area contributed by atoms with Gasteiger partial charge in [-0.3, -0.25) is 9.59 Å². The molecular weight excluding hydrogens is 453 g/mol. The van der Waals surface area contributed by atoms with Crippen molar-refractivity contribution in [3.63, 3.8) is 0 Å². The molecule has 8 heteroatoms. The van der Waals surface area contributed by atoms with Gasteiger partial charge >= 0.3 is 0 Å². The average Bonchev–Trinajstić information content (AvgIpc) is 3.34. The number of fused-ring (bicyclic) bond motifs is 2. The fourth-order valence-corrected chi connectivity index (χ4v) is 4.38. The minimum absolute atomic E-state index is 0.0897. The third kappa shape index (κ3) is 3.41. The third-order valence-corrected chi connectivity index (χ3v) is 6.41. The van der Waals surface area contributed by atoms with Gasteiger partial charge in [0.1, 0.15) is 0 Å². The maximum absolute atomic E-state index is 13.4. The first-order valence-electron chi connectivity index (χ1n) is 9.87. The highest BCUT2D eigenvalue weighted by Crippen LogP contribution is 2.44. The first kappa shape index (κ1) is 20.8. The van der Waals surface area contributed by atoms with Gasteiger partial charge in [0.05, 0.1) is 28.7 Å². The quantitative estimate of drug-likeness (QED) is 0.546. The predicted octanol–water partition coefficient (Wildman–Crippen LogP) is 4.73. The minimum Gasteiger partial charge on any atom is -0.454 e. The van der Waals surface area contributed by atoms with Crippen molar-refractivity contribution in [2.75, 3.05) is 11.7 Å². The molecule has 162 valence electrons. The van der Waals surface area contributed by atoms with Crippen LogP contribution in [-0.2, 0) is 16.9 Å². The normalized spacial score (nSPS) is 18.7. The van der Waals surface area contributed by atoms with E-state index in [1.165, 1.54) is 4.90 Å². The zero-order valence-corrected chi connectivity index (χ0v) is 18.2. The van der Waals surface area contributed by atoms with Gasteiger partial charge in [0.2, 0.25) is 6.79 Å². The molecule has 2 aliphatic rings. The number of carbonyl (C=O) groups is 2. The molecule has 0 aliphatic carbocycles. The Hall–Kier alpha value is -3.06. The lowest BCUT2D eigenvalue weighted by Gasteiger charge is -2.23. The zero-order valence-electron chi connectivity index (χ0n) is 16.7. The molecular formula is C24H17Cl2NO5. The summed E-state index contributed by atoms with van der Waals surface area (Å²) < 4.78 is 10.6. The van der Waals surface area contributed by atoms with Gasteiger partial charge in [-0.05, 0) is 42.0 Å². The van der Waals surface area contributed by atoms with Gasteiger partial charge in [0, 0.05) is 11.1 Å². The van der Waals surface area contributed by atoms with E-state index in [2.05, 4.69) is 0 Å². The van der Waals surface area contributed by atoms with E-state index in [9.17, 15) is 14.7 Å². The molecule has 3 aromatic rings. The number of hydrogen-bond donors (Lipinski definition) is 1. The van der Waals surface area contributed by atoms with E-state index in [1.54, 1.807) is 60.7 Å². The number of nitrogens with zero attached hydrogens (tertiary/aromatic N) is 1. The maximum Gasteiger partial charge on any atom is 0.264 e. The monoisotopic (exact) mass is 469 g/mol. The molecule has 1 N–H and O–H groups in total. The Morgan fingerprint density at radius 1 is 1.00 bits per heavy atom. The van der Waals surface area contributed by atoms with Crippen LogP contribution in [0.15, 0.2) is 60.7 Å². The Labute approximate surface area is 193 Å². The number of Topliss-reactive ketones (excluding diaryl/α,β-unsaturated/α-hetero) is 1. The lowest BCUT2D eigenvalue weighted by Crippen LogP contribution is -2.41. The third-order valence-electron chi connectivity index (χ3n) is 5.68. The number of ketones is 1. The van der Waals surface area contributed by atoms with Gasteiger partial charge in [-0.1, -0.05) is 47.5 Å². The van der Waals surface area contributed by atoms with Crippen LogP contribution in [0.4, 0.5) is 5.69 Å². The number of anilines is 1. The van der Waals surface area contributed by atoms with Crippen molar-refractivity contribution in [2.45, 2.75) is 18.6 Å². The summed E-state index contributed by atoms with van der Waals surface area (Å²) in [6.07, 6.45) is -0.402. The Kier molecular flexibility index (Phi) is 5.08. The fraction of sp³-hybridized carbons (Fsp3) is 0.167. The maximum atomic E-state index is 13.4. The number of amides is 1. The molecule has 1 atom stereocenters. The van der Waals surface area contributed by atoms with Gasteiger partial charge in [0.25, 0.3) is 5.91 Å². The first-order chi connectivity index (χ1) is 15.4. The molecule has 32 heavy (non-hydrogen) atoms. The van der Waals surface area contributed by atoms with Crippen LogP contribution in [0.3, 0.4) is 0 Å². The predicted molar refractivity (Wildman–Crippen MR) is 120 cm³/mol. The highest BCUT2D eigenvalue weighted by Gasteiger charge is 2.50. The minimum atomic E-state index is -1.99. The molecule has 5 rings (SSSR count). The van der Waals surface area contributed by atoms with Crippen molar-refractivity contribution in [3.8, 4) is 11.5 Å². The van der Waals surface area contributed by atoms with E-state index in [1.807, 2.05) is 0 Å². The summed E-state index contributed by atoms with van der Waals surface area (Å²) in [4.78, 5) is 27.9. The van der Waals surface area contributed by atoms with Crippen LogP contribution in [0.5, 0.6) is 11.5 Å². The lowest BCUT2D eigenvalue weighted by atomic mass is 9.88. The summed E-state index contributed by atoms with van der Waals surface area (Å²) in [7, 11) is 0. The number of benzene rings is 3. The molecule has 0 fully saturated rings. The number of ether oxygens (including phenoxy) is 2. The highest BCUT2D eigenvalue weighted by molar-refractivity contribution is 6.42. The van der Waals surface area contributed by atoms with Crippen molar-refractivity contribution in [3.05, 3.63) is 87.4 Å². The van der Waals surface area contributed by atoms with Crippen LogP contribution >= 0.6 is 23.2 Å². The Bertz CT molecular complexity index is 1260. The average molecular weight is 470 g/mol. The van der Waals surface area contributed by atoms with Crippen LogP contribution in [0.2, 0.25) is 10.0 Å². The second kappa shape index (κ2) is 7.81. The number of halogens is 2. The van der Waals surface area contributed by atoms with Crippen molar-refractivity contribution < 1.29 is 24.2 Å². The molecule has 0 aromatic heterocycles. The smallest absolute Gasteiger partial charge is 0.264 e. The molecule has 1 amide bonds. The second-order valence-corrected chi connectivity index (χ2v) is 8.50. The van der Waals surface area contributed by atoms with E-state index < -0.39 is 17.9 Å². The van der Waals surface area contributed by atoms with Crippen LogP contribution in [0.1, 0.15) is 27.9 Å². The van der Waals surface area contributed by atoms with Crippen LogP contribution in [-0.4, -0.2) is 23.6 Å². The topological polar surface area (TPSA) is 76.1 Å². The number of rotatable bonds is 5. The molecule has 0 saturated carbocycles. The number of hydrogen-bond acceptors (Lipinski definition) is 5. The van der Waals surface area contributed by atoms with E-state index in [0.29, 0.717) is 38.4 Å². The van der Waals surface area contributed by atoms with Crippen LogP contribution in [0.25, 0.3) is 0 Å². The van der Waals surface area contributed by atoms with E-state index in [0.717, 1.165) is 5.56 Å².